The van der Waals surface area contributed by atoms with Crippen LogP contribution in [0.25, 0.3) is 5.82 Å². The summed E-state index contributed by atoms with van der Waals surface area (Å²) in [5.41, 5.74) is 1.59. The predicted octanol–water partition coefficient (Wildman–Crippen LogP) is 3.82. The van der Waals surface area contributed by atoms with E-state index in [0.717, 1.165) is 0 Å². The van der Waals surface area contributed by atoms with Crippen LogP contribution in [0.3, 0.4) is 0 Å². The number of nitrogens with zero attached hydrogens (tertiary/aromatic N) is 5. The number of anilines is 1. The maximum atomic E-state index is 13.1. The number of nitrogens with one attached hydrogen (secondary N) is 1. The lowest BCUT2D eigenvalue weighted by molar-refractivity contribution is 0.0828. The molecular formula is C20H16BrClN6O2. The van der Waals surface area contributed by atoms with Crippen LogP contribution in [-0.4, -0.2) is 45.6 Å². The van der Waals surface area contributed by atoms with Crippen molar-refractivity contribution in [1.82, 2.24) is 19.7 Å². The Labute approximate surface area is 186 Å². The van der Waals surface area contributed by atoms with Gasteiger partial charge in [0.1, 0.15) is 10.3 Å². The summed E-state index contributed by atoms with van der Waals surface area (Å²) in [5.74, 6) is -0.570. The predicted molar refractivity (Wildman–Crippen MR) is 116 cm³/mol. The highest BCUT2D eigenvalue weighted by molar-refractivity contribution is 9.10. The van der Waals surface area contributed by atoms with Crippen molar-refractivity contribution in [2.75, 3.05) is 19.4 Å². The van der Waals surface area contributed by atoms with Gasteiger partial charge >= 0.3 is 0 Å². The summed E-state index contributed by atoms with van der Waals surface area (Å²) in [6, 6.07) is 9.91. The maximum absolute atomic E-state index is 13.1. The lowest BCUT2D eigenvalue weighted by atomic mass is 10.0. The number of rotatable bonds is 4. The van der Waals surface area contributed by atoms with Gasteiger partial charge in [-0.2, -0.15) is 10.4 Å². The molecule has 2 amide bonds. The molecular weight excluding hydrogens is 472 g/mol. The van der Waals surface area contributed by atoms with E-state index >= 15 is 0 Å². The molecule has 3 aromatic rings. The topological polar surface area (TPSA) is 104 Å². The normalized spacial score (nSPS) is 10.4. The van der Waals surface area contributed by atoms with E-state index in [1.54, 1.807) is 39.2 Å². The van der Waals surface area contributed by atoms with Crippen molar-refractivity contribution >= 4 is 45.0 Å². The van der Waals surface area contributed by atoms with E-state index in [0.29, 0.717) is 26.4 Å². The molecule has 0 saturated heterocycles. The van der Waals surface area contributed by atoms with Crippen LogP contribution in [0.1, 0.15) is 32.0 Å². The number of carbonyl (C=O) groups excluding carboxylic acids is 2. The van der Waals surface area contributed by atoms with Crippen LogP contribution in [0, 0.1) is 18.3 Å². The van der Waals surface area contributed by atoms with Crippen LogP contribution < -0.4 is 5.32 Å². The van der Waals surface area contributed by atoms with Gasteiger partial charge in [-0.3, -0.25) is 9.59 Å². The summed E-state index contributed by atoms with van der Waals surface area (Å²) in [6.45, 7) is 1.71. The van der Waals surface area contributed by atoms with Gasteiger partial charge in [-0.05, 0) is 52.7 Å². The first-order valence-corrected chi connectivity index (χ1v) is 9.84. The lowest BCUT2D eigenvalue weighted by Crippen LogP contribution is -2.25. The van der Waals surface area contributed by atoms with Crippen molar-refractivity contribution in [3.8, 4) is 11.9 Å². The van der Waals surface area contributed by atoms with Crippen LogP contribution in [0.2, 0.25) is 5.02 Å². The SMILES string of the molecule is Cc1cc(C#N)cc(C(=O)N(C)C)c1NC(=O)c1cc(Br)nn1-c1ncccc1Cl. The highest BCUT2D eigenvalue weighted by Gasteiger charge is 2.23. The molecule has 0 atom stereocenters. The quantitative estimate of drug-likeness (QED) is 0.602. The molecule has 0 radical (unpaired) electrons. The first-order valence-electron chi connectivity index (χ1n) is 8.67. The summed E-state index contributed by atoms with van der Waals surface area (Å²) < 4.78 is 1.73. The van der Waals surface area contributed by atoms with Crippen molar-refractivity contribution in [3.05, 3.63) is 68.5 Å². The van der Waals surface area contributed by atoms with Crippen molar-refractivity contribution < 1.29 is 9.59 Å². The monoisotopic (exact) mass is 486 g/mol. The number of nitriles is 1. The summed E-state index contributed by atoms with van der Waals surface area (Å²) in [6.07, 6.45) is 1.54. The zero-order valence-electron chi connectivity index (χ0n) is 16.3. The molecule has 8 nitrogen and oxygen atoms in total. The van der Waals surface area contributed by atoms with Gasteiger partial charge in [-0.15, -0.1) is 0 Å². The molecule has 2 heterocycles. The number of benzene rings is 1. The van der Waals surface area contributed by atoms with Crippen molar-refractivity contribution in [2.45, 2.75) is 6.92 Å². The van der Waals surface area contributed by atoms with Crippen LogP contribution >= 0.6 is 27.5 Å². The van der Waals surface area contributed by atoms with Crippen molar-refractivity contribution in [3.63, 3.8) is 0 Å². The Morgan fingerprint density at radius 2 is 2.03 bits per heavy atom. The average molecular weight is 488 g/mol. The molecule has 2 aromatic heterocycles. The molecule has 30 heavy (non-hydrogen) atoms. The molecule has 0 bridgehead atoms. The second-order valence-corrected chi connectivity index (χ2v) is 7.77. The Hall–Kier alpha value is -3.22. The Bertz CT molecular complexity index is 1200. The third kappa shape index (κ3) is 4.20. The highest BCUT2D eigenvalue weighted by atomic mass is 79.9. The molecule has 10 heteroatoms. The molecule has 1 N–H and O–H groups in total. The number of carbonyl (C=O) groups is 2. The molecule has 152 valence electrons. The molecule has 0 aliphatic rings. The number of halogens is 2. The Kier molecular flexibility index (Phi) is 6.20. The summed E-state index contributed by atoms with van der Waals surface area (Å²) in [4.78, 5) is 31.4. The number of hydrogen-bond acceptors (Lipinski definition) is 5. The fourth-order valence-corrected chi connectivity index (χ4v) is 3.39. The van der Waals surface area contributed by atoms with E-state index < -0.39 is 5.91 Å². The number of aromatic nitrogens is 3. The molecule has 0 unspecified atom stereocenters. The van der Waals surface area contributed by atoms with Gasteiger partial charge in [-0.1, -0.05) is 11.6 Å². The Morgan fingerprint density at radius 3 is 2.67 bits per heavy atom. The van der Waals surface area contributed by atoms with E-state index in [1.807, 2.05) is 6.07 Å². The summed E-state index contributed by atoms with van der Waals surface area (Å²) in [7, 11) is 3.19. The highest BCUT2D eigenvalue weighted by Crippen LogP contribution is 2.26. The summed E-state index contributed by atoms with van der Waals surface area (Å²) in [5, 5.41) is 16.6. The third-order valence-electron chi connectivity index (χ3n) is 4.19. The van der Waals surface area contributed by atoms with Gasteiger partial charge in [-0.25, -0.2) is 9.67 Å². The molecule has 0 aliphatic carbocycles. The van der Waals surface area contributed by atoms with E-state index in [-0.39, 0.29) is 23.0 Å². The Balaban J connectivity index is 2.07. The minimum absolute atomic E-state index is 0.162. The maximum Gasteiger partial charge on any atom is 0.274 e. The van der Waals surface area contributed by atoms with E-state index in [9.17, 15) is 14.9 Å². The van der Waals surface area contributed by atoms with Crippen molar-refractivity contribution in [2.24, 2.45) is 0 Å². The minimum Gasteiger partial charge on any atom is -0.345 e. The van der Waals surface area contributed by atoms with E-state index in [4.69, 9.17) is 11.6 Å². The zero-order valence-corrected chi connectivity index (χ0v) is 18.6. The van der Waals surface area contributed by atoms with Crippen LogP contribution in [0.15, 0.2) is 41.1 Å². The van der Waals surface area contributed by atoms with E-state index in [1.165, 1.54) is 27.9 Å². The van der Waals surface area contributed by atoms with Gasteiger partial charge < -0.3 is 10.2 Å². The van der Waals surface area contributed by atoms with Crippen LogP contribution in [0.5, 0.6) is 0 Å². The van der Waals surface area contributed by atoms with E-state index in [2.05, 4.69) is 31.3 Å². The number of pyridine rings is 1. The Morgan fingerprint density at radius 1 is 1.30 bits per heavy atom. The zero-order chi connectivity index (χ0) is 22.0. The molecule has 3 rings (SSSR count). The first kappa shape index (κ1) is 21.5. The second-order valence-electron chi connectivity index (χ2n) is 6.55. The fraction of sp³-hybridized carbons (Fsp3) is 0.150. The van der Waals surface area contributed by atoms with Gasteiger partial charge in [0.25, 0.3) is 11.8 Å². The fourth-order valence-electron chi connectivity index (χ4n) is 2.81. The lowest BCUT2D eigenvalue weighted by Gasteiger charge is -2.17. The third-order valence-corrected chi connectivity index (χ3v) is 4.87. The van der Waals surface area contributed by atoms with Crippen molar-refractivity contribution in [1.29, 1.82) is 5.26 Å². The molecule has 0 spiro atoms. The van der Waals surface area contributed by atoms with Gasteiger partial charge in [0.2, 0.25) is 0 Å². The number of aryl methyl sites for hydroxylation is 1. The van der Waals surface area contributed by atoms with Gasteiger partial charge in [0.15, 0.2) is 5.82 Å². The number of hydrogen-bond donors (Lipinski definition) is 1. The molecule has 0 fully saturated rings. The largest absolute Gasteiger partial charge is 0.345 e. The standard InChI is InChI=1S/C20H16BrClN6O2/c1-11-7-12(10-23)8-13(20(30)27(2)3)17(11)25-19(29)15-9-16(21)26-28(15)18-14(22)5-4-6-24-18/h4-9H,1-3H3,(H,25,29). The van der Waals surface area contributed by atoms with Crippen LogP contribution in [0.4, 0.5) is 5.69 Å². The summed E-state index contributed by atoms with van der Waals surface area (Å²) >= 11 is 9.48. The molecule has 1 aromatic carbocycles. The molecule has 0 saturated carbocycles. The second kappa shape index (κ2) is 8.65. The smallest absolute Gasteiger partial charge is 0.274 e. The van der Waals surface area contributed by atoms with Gasteiger partial charge in [0, 0.05) is 26.4 Å². The molecule has 0 aliphatic heterocycles. The average Bonchev–Trinajstić information content (AvgIpc) is 3.10. The number of amides is 2. The van der Waals surface area contributed by atoms with Crippen LogP contribution in [-0.2, 0) is 0 Å². The minimum atomic E-state index is -0.518. The van der Waals surface area contributed by atoms with Gasteiger partial charge in [0.05, 0.1) is 27.9 Å². The first-order chi connectivity index (χ1) is 14.2.